The van der Waals surface area contributed by atoms with Crippen molar-refractivity contribution in [2.24, 2.45) is 5.73 Å². The number of esters is 1. The first-order valence-corrected chi connectivity index (χ1v) is 6.10. The lowest BCUT2D eigenvalue weighted by Gasteiger charge is -2.36. The molecule has 1 saturated heterocycles. The fourth-order valence-corrected chi connectivity index (χ4v) is 2.16. The van der Waals surface area contributed by atoms with E-state index in [0.29, 0.717) is 18.7 Å². The van der Waals surface area contributed by atoms with Gasteiger partial charge in [-0.1, -0.05) is 0 Å². The van der Waals surface area contributed by atoms with E-state index in [1.165, 1.54) is 7.11 Å². The van der Waals surface area contributed by atoms with Crippen molar-refractivity contribution >= 4 is 17.6 Å². The average Bonchev–Trinajstić information content (AvgIpc) is 2.46. The molecule has 1 aromatic rings. The number of hydrogen-bond acceptors (Lipinski definition) is 5. The Morgan fingerprint density at radius 1 is 1.47 bits per heavy atom. The molecule has 6 heteroatoms. The van der Waals surface area contributed by atoms with Crippen molar-refractivity contribution in [1.29, 1.82) is 0 Å². The summed E-state index contributed by atoms with van der Waals surface area (Å²) in [5.74, 6) is -0.441. The van der Waals surface area contributed by atoms with Gasteiger partial charge in [0.1, 0.15) is 6.04 Å². The molecule has 0 aliphatic carbocycles. The molecule has 102 valence electrons. The molecule has 1 amide bonds. The molecule has 0 aromatic heterocycles. The standard InChI is InChI=1S/C13H17N3O3/c1-19-13(18)9-2-4-10(5-3-9)16-7-6-15-12(17)11(16)8-14/h2-5,11H,6-8,14H2,1H3,(H,15,17). The number of nitrogens with two attached hydrogens (primary N) is 1. The minimum Gasteiger partial charge on any atom is -0.465 e. The van der Waals surface area contributed by atoms with E-state index in [9.17, 15) is 9.59 Å². The zero-order valence-corrected chi connectivity index (χ0v) is 10.8. The first-order valence-electron chi connectivity index (χ1n) is 6.10. The van der Waals surface area contributed by atoms with Crippen molar-refractivity contribution < 1.29 is 14.3 Å². The van der Waals surface area contributed by atoms with Gasteiger partial charge in [0, 0.05) is 25.3 Å². The second-order valence-electron chi connectivity index (χ2n) is 4.27. The lowest BCUT2D eigenvalue weighted by molar-refractivity contribution is -0.123. The van der Waals surface area contributed by atoms with E-state index in [1.807, 2.05) is 4.90 Å². The van der Waals surface area contributed by atoms with E-state index in [-0.39, 0.29) is 24.5 Å². The Morgan fingerprint density at radius 3 is 2.74 bits per heavy atom. The number of nitrogens with zero attached hydrogens (tertiary/aromatic N) is 1. The van der Waals surface area contributed by atoms with Crippen LogP contribution < -0.4 is 16.0 Å². The van der Waals surface area contributed by atoms with Crippen LogP contribution in [0.5, 0.6) is 0 Å². The Morgan fingerprint density at radius 2 is 2.16 bits per heavy atom. The summed E-state index contributed by atoms with van der Waals surface area (Å²) in [6.07, 6.45) is 0. The van der Waals surface area contributed by atoms with Gasteiger partial charge in [-0.25, -0.2) is 4.79 Å². The number of anilines is 1. The third-order valence-corrected chi connectivity index (χ3v) is 3.17. The van der Waals surface area contributed by atoms with Gasteiger partial charge in [-0.3, -0.25) is 4.79 Å². The second kappa shape index (κ2) is 5.71. The molecule has 3 N–H and O–H groups in total. The van der Waals surface area contributed by atoms with Crippen LogP contribution in [0, 0.1) is 0 Å². The summed E-state index contributed by atoms with van der Waals surface area (Å²) in [7, 11) is 1.34. The number of piperazine rings is 1. The van der Waals surface area contributed by atoms with Crippen molar-refractivity contribution in [3.63, 3.8) is 0 Å². The molecule has 0 radical (unpaired) electrons. The Balaban J connectivity index is 2.21. The Kier molecular flexibility index (Phi) is 4.01. The van der Waals surface area contributed by atoms with Gasteiger partial charge in [0.2, 0.25) is 5.91 Å². The topological polar surface area (TPSA) is 84.7 Å². The predicted octanol–water partition coefficient (Wildman–Crippen LogP) is -0.263. The van der Waals surface area contributed by atoms with Gasteiger partial charge < -0.3 is 20.7 Å². The van der Waals surface area contributed by atoms with Gasteiger partial charge >= 0.3 is 5.97 Å². The number of rotatable bonds is 3. The Hall–Kier alpha value is -2.08. The molecule has 1 aliphatic rings. The lowest BCUT2D eigenvalue weighted by atomic mass is 10.1. The van der Waals surface area contributed by atoms with Crippen LogP contribution in [0.1, 0.15) is 10.4 Å². The third kappa shape index (κ3) is 2.68. The largest absolute Gasteiger partial charge is 0.465 e. The smallest absolute Gasteiger partial charge is 0.337 e. The fourth-order valence-electron chi connectivity index (χ4n) is 2.16. The van der Waals surface area contributed by atoms with Crippen LogP contribution in [0.15, 0.2) is 24.3 Å². The maximum atomic E-state index is 11.7. The highest BCUT2D eigenvalue weighted by molar-refractivity contribution is 5.90. The van der Waals surface area contributed by atoms with Crippen LogP contribution in [0.25, 0.3) is 0 Å². The minimum absolute atomic E-state index is 0.0641. The van der Waals surface area contributed by atoms with Crippen LogP contribution in [0.3, 0.4) is 0 Å². The molecule has 1 aliphatic heterocycles. The zero-order chi connectivity index (χ0) is 13.8. The molecular formula is C13H17N3O3. The van der Waals surface area contributed by atoms with E-state index >= 15 is 0 Å². The summed E-state index contributed by atoms with van der Waals surface area (Å²) in [5, 5.41) is 2.79. The third-order valence-electron chi connectivity index (χ3n) is 3.17. The number of carbonyl (C=O) groups is 2. The summed E-state index contributed by atoms with van der Waals surface area (Å²) < 4.78 is 4.64. The van der Waals surface area contributed by atoms with Crippen molar-refractivity contribution in [3.05, 3.63) is 29.8 Å². The molecule has 1 unspecified atom stereocenters. The van der Waals surface area contributed by atoms with Crippen LogP contribution >= 0.6 is 0 Å². The van der Waals surface area contributed by atoms with E-state index < -0.39 is 0 Å². The Bertz CT molecular complexity index is 473. The molecule has 6 nitrogen and oxygen atoms in total. The van der Waals surface area contributed by atoms with Crippen molar-refractivity contribution in [2.45, 2.75) is 6.04 Å². The molecule has 0 spiro atoms. The summed E-state index contributed by atoms with van der Waals surface area (Å²) in [6, 6.07) is 6.60. The van der Waals surface area contributed by atoms with Crippen LogP contribution in [-0.2, 0) is 9.53 Å². The second-order valence-corrected chi connectivity index (χ2v) is 4.27. The summed E-state index contributed by atoms with van der Waals surface area (Å²) >= 11 is 0. The highest BCUT2D eigenvalue weighted by Crippen LogP contribution is 2.19. The molecule has 1 atom stereocenters. The number of benzene rings is 1. The number of methoxy groups -OCH3 is 1. The monoisotopic (exact) mass is 263 g/mol. The van der Waals surface area contributed by atoms with E-state index in [4.69, 9.17) is 5.73 Å². The van der Waals surface area contributed by atoms with Gasteiger partial charge in [-0.15, -0.1) is 0 Å². The van der Waals surface area contributed by atoms with Gasteiger partial charge in [-0.2, -0.15) is 0 Å². The molecule has 1 aromatic carbocycles. The summed E-state index contributed by atoms with van der Waals surface area (Å²) in [6.45, 7) is 1.55. The fraction of sp³-hybridized carbons (Fsp3) is 0.385. The first-order chi connectivity index (χ1) is 9.17. The molecule has 19 heavy (non-hydrogen) atoms. The number of amides is 1. The summed E-state index contributed by atoms with van der Waals surface area (Å²) in [5.41, 5.74) is 7.00. The number of hydrogen-bond donors (Lipinski definition) is 2. The molecule has 1 heterocycles. The molecule has 2 rings (SSSR count). The van der Waals surface area contributed by atoms with Crippen molar-refractivity contribution in [1.82, 2.24) is 5.32 Å². The first kappa shape index (κ1) is 13.4. The van der Waals surface area contributed by atoms with E-state index in [2.05, 4.69) is 10.1 Å². The van der Waals surface area contributed by atoms with Gasteiger partial charge in [0.25, 0.3) is 0 Å². The van der Waals surface area contributed by atoms with Crippen LogP contribution in [-0.4, -0.2) is 44.7 Å². The molecule has 0 bridgehead atoms. The van der Waals surface area contributed by atoms with Gasteiger partial charge in [0.15, 0.2) is 0 Å². The van der Waals surface area contributed by atoms with E-state index in [0.717, 1.165) is 5.69 Å². The molecule has 1 fully saturated rings. The predicted molar refractivity (Wildman–Crippen MR) is 71.0 cm³/mol. The molecule has 0 saturated carbocycles. The molecular weight excluding hydrogens is 246 g/mol. The lowest BCUT2D eigenvalue weighted by Crippen LogP contribution is -2.58. The maximum absolute atomic E-state index is 11.7. The number of carbonyl (C=O) groups excluding carboxylic acids is 2. The van der Waals surface area contributed by atoms with Crippen molar-refractivity contribution in [3.8, 4) is 0 Å². The maximum Gasteiger partial charge on any atom is 0.337 e. The van der Waals surface area contributed by atoms with Crippen LogP contribution in [0.2, 0.25) is 0 Å². The van der Waals surface area contributed by atoms with Gasteiger partial charge in [0.05, 0.1) is 12.7 Å². The Labute approximate surface area is 111 Å². The highest BCUT2D eigenvalue weighted by atomic mass is 16.5. The average molecular weight is 263 g/mol. The van der Waals surface area contributed by atoms with E-state index in [1.54, 1.807) is 24.3 Å². The van der Waals surface area contributed by atoms with Crippen LogP contribution in [0.4, 0.5) is 5.69 Å². The highest BCUT2D eigenvalue weighted by Gasteiger charge is 2.28. The zero-order valence-electron chi connectivity index (χ0n) is 10.8. The SMILES string of the molecule is COC(=O)c1ccc(N2CCNC(=O)C2CN)cc1. The quantitative estimate of drug-likeness (QED) is 0.734. The number of ether oxygens (including phenoxy) is 1. The minimum atomic E-state index is -0.377. The van der Waals surface area contributed by atoms with Gasteiger partial charge in [-0.05, 0) is 24.3 Å². The normalized spacial score (nSPS) is 18.9. The summed E-state index contributed by atoms with van der Waals surface area (Å²) in [4.78, 5) is 25.0. The van der Waals surface area contributed by atoms with Crippen molar-refractivity contribution in [2.75, 3.05) is 31.6 Å². The number of nitrogens with one attached hydrogen (secondary N) is 1.